The Morgan fingerprint density at radius 1 is 1.15 bits per heavy atom. The normalized spacial score (nSPS) is 19.4. The predicted molar refractivity (Wildman–Crippen MR) is 103 cm³/mol. The summed E-state index contributed by atoms with van der Waals surface area (Å²) in [6.45, 7) is 5.28. The third-order valence-corrected chi connectivity index (χ3v) is 5.86. The Kier molecular flexibility index (Phi) is 7.59. The van der Waals surface area contributed by atoms with Gasteiger partial charge in [0.15, 0.2) is 0 Å². The molecule has 2 fully saturated rings. The Labute approximate surface area is 162 Å². The molecule has 0 radical (unpaired) electrons. The van der Waals surface area contributed by atoms with Crippen molar-refractivity contribution in [2.24, 2.45) is 5.92 Å². The molecule has 1 saturated heterocycles. The number of carbonyl (C=O) groups is 1. The van der Waals surface area contributed by atoms with Crippen LogP contribution in [-0.2, 0) is 20.9 Å². The molecule has 2 aliphatic rings. The number of likely N-dealkylation sites (tertiary alicyclic amines) is 1. The number of hydrogen-bond donors (Lipinski definition) is 0. The number of methoxy groups -OCH3 is 1. The summed E-state index contributed by atoms with van der Waals surface area (Å²) in [5.41, 5.74) is 2.17. The van der Waals surface area contributed by atoms with Crippen LogP contribution in [0, 0.1) is 12.8 Å². The van der Waals surface area contributed by atoms with Gasteiger partial charge in [-0.25, -0.2) is 9.97 Å². The molecule has 0 aromatic carbocycles. The highest BCUT2D eigenvalue weighted by Gasteiger charge is 2.30. The first kappa shape index (κ1) is 20.2. The highest BCUT2D eigenvalue weighted by atomic mass is 16.5. The number of hydrogen-bond acceptors (Lipinski definition) is 5. The van der Waals surface area contributed by atoms with Gasteiger partial charge in [0, 0.05) is 43.8 Å². The van der Waals surface area contributed by atoms with E-state index in [9.17, 15) is 4.79 Å². The van der Waals surface area contributed by atoms with Crippen LogP contribution in [0.5, 0.6) is 0 Å². The second-order valence-electron chi connectivity index (χ2n) is 7.81. The zero-order chi connectivity index (χ0) is 19.1. The lowest BCUT2D eigenvalue weighted by atomic mass is 9.86. The molecular weight excluding hydrogens is 342 g/mol. The lowest BCUT2D eigenvalue weighted by Crippen LogP contribution is -2.42. The largest absolute Gasteiger partial charge is 0.382 e. The van der Waals surface area contributed by atoms with E-state index in [1.54, 1.807) is 7.11 Å². The van der Waals surface area contributed by atoms with Crippen molar-refractivity contribution in [2.45, 2.75) is 64.4 Å². The zero-order valence-electron chi connectivity index (χ0n) is 16.8. The lowest BCUT2D eigenvalue weighted by Gasteiger charge is -2.35. The molecule has 1 aromatic rings. The molecule has 27 heavy (non-hydrogen) atoms. The van der Waals surface area contributed by atoms with Gasteiger partial charge in [0.1, 0.15) is 5.82 Å². The molecule has 1 aromatic heterocycles. The van der Waals surface area contributed by atoms with Crippen LogP contribution in [0.4, 0.5) is 0 Å². The van der Waals surface area contributed by atoms with E-state index in [1.807, 2.05) is 13.1 Å². The molecule has 1 aliphatic carbocycles. The van der Waals surface area contributed by atoms with E-state index in [0.29, 0.717) is 31.6 Å². The third-order valence-electron chi connectivity index (χ3n) is 5.86. The molecule has 0 unspecified atom stereocenters. The fraction of sp³-hybridized carbons (Fsp3) is 0.762. The highest BCUT2D eigenvalue weighted by molar-refractivity contribution is 5.79. The van der Waals surface area contributed by atoms with Gasteiger partial charge in [-0.2, -0.15) is 0 Å². The second kappa shape index (κ2) is 10.1. The van der Waals surface area contributed by atoms with Gasteiger partial charge >= 0.3 is 0 Å². The van der Waals surface area contributed by atoms with E-state index in [-0.39, 0.29) is 5.92 Å². The van der Waals surface area contributed by atoms with Crippen molar-refractivity contribution in [1.82, 2.24) is 14.9 Å². The Hall–Kier alpha value is -1.53. The van der Waals surface area contributed by atoms with Crippen LogP contribution in [0.1, 0.15) is 67.9 Å². The van der Waals surface area contributed by atoms with Crippen LogP contribution >= 0.6 is 0 Å². The van der Waals surface area contributed by atoms with Gasteiger partial charge in [-0.15, -0.1) is 0 Å². The first-order chi connectivity index (χ1) is 13.2. The molecule has 2 heterocycles. The van der Waals surface area contributed by atoms with Crippen molar-refractivity contribution in [3.63, 3.8) is 0 Å². The Bertz CT molecular complexity index is 609. The molecule has 0 atom stereocenters. The van der Waals surface area contributed by atoms with Gasteiger partial charge in [-0.05, 0) is 32.6 Å². The summed E-state index contributed by atoms with van der Waals surface area (Å²) in [5.74, 6) is 1.82. The van der Waals surface area contributed by atoms with Crippen LogP contribution in [0.15, 0.2) is 6.20 Å². The summed E-state index contributed by atoms with van der Waals surface area (Å²) in [5, 5.41) is 0. The van der Waals surface area contributed by atoms with Gasteiger partial charge in [0.2, 0.25) is 5.91 Å². The quantitative estimate of drug-likeness (QED) is 0.685. The number of piperidine rings is 1. The molecule has 1 aliphatic heterocycles. The van der Waals surface area contributed by atoms with Crippen molar-refractivity contribution in [1.29, 1.82) is 0 Å². The van der Waals surface area contributed by atoms with Gasteiger partial charge in [-0.3, -0.25) is 4.79 Å². The fourth-order valence-electron chi connectivity index (χ4n) is 4.28. The average Bonchev–Trinajstić information content (AvgIpc) is 2.72. The van der Waals surface area contributed by atoms with E-state index in [2.05, 4.69) is 9.88 Å². The number of amides is 1. The van der Waals surface area contributed by atoms with E-state index < -0.39 is 0 Å². The molecule has 0 N–H and O–H groups in total. The highest BCUT2D eigenvalue weighted by Crippen LogP contribution is 2.32. The molecule has 1 saturated carbocycles. The molecule has 3 rings (SSSR count). The maximum Gasteiger partial charge on any atom is 0.225 e. The lowest BCUT2D eigenvalue weighted by molar-refractivity contribution is -0.137. The number of carbonyl (C=O) groups excluding carboxylic acids is 1. The monoisotopic (exact) mass is 375 g/mol. The van der Waals surface area contributed by atoms with Crippen molar-refractivity contribution < 1.29 is 14.3 Å². The fourth-order valence-corrected chi connectivity index (χ4v) is 4.28. The van der Waals surface area contributed by atoms with Crippen LogP contribution in [-0.4, -0.2) is 54.2 Å². The predicted octanol–water partition coefficient (Wildman–Crippen LogP) is 3.23. The van der Waals surface area contributed by atoms with Crippen LogP contribution in [0.3, 0.4) is 0 Å². The molecular formula is C21H33N3O3. The van der Waals surface area contributed by atoms with E-state index in [0.717, 1.165) is 55.9 Å². The Morgan fingerprint density at radius 2 is 1.89 bits per heavy atom. The summed E-state index contributed by atoms with van der Waals surface area (Å²) < 4.78 is 10.7. The number of aryl methyl sites for hydroxylation is 1. The van der Waals surface area contributed by atoms with E-state index in [4.69, 9.17) is 14.5 Å². The minimum atomic E-state index is 0.265. The summed E-state index contributed by atoms with van der Waals surface area (Å²) in [4.78, 5) is 24.0. The molecule has 150 valence electrons. The van der Waals surface area contributed by atoms with Crippen LogP contribution < -0.4 is 0 Å². The molecule has 0 bridgehead atoms. The smallest absolute Gasteiger partial charge is 0.225 e. The maximum absolute atomic E-state index is 12.8. The molecule has 1 amide bonds. The minimum Gasteiger partial charge on any atom is -0.382 e. The zero-order valence-corrected chi connectivity index (χ0v) is 16.8. The summed E-state index contributed by atoms with van der Waals surface area (Å²) in [6, 6.07) is 0. The number of rotatable bonds is 7. The van der Waals surface area contributed by atoms with E-state index >= 15 is 0 Å². The first-order valence-corrected chi connectivity index (χ1v) is 10.4. The standard InChI is InChI=1S/C21H33N3O3/c1-16-22-14-19(15-27-13-12-26-2)20(23-16)17-8-10-24(11-9-17)21(25)18-6-4-3-5-7-18/h14,17-18H,3-13,15H2,1-2H3. The van der Waals surface area contributed by atoms with Crippen molar-refractivity contribution in [3.8, 4) is 0 Å². The van der Waals surface area contributed by atoms with Crippen molar-refractivity contribution in [2.75, 3.05) is 33.4 Å². The topological polar surface area (TPSA) is 64.6 Å². The Morgan fingerprint density at radius 3 is 2.59 bits per heavy atom. The number of ether oxygens (including phenoxy) is 2. The molecule has 6 nitrogen and oxygen atoms in total. The average molecular weight is 376 g/mol. The number of aromatic nitrogens is 2. The summed E-state index contributed by atoms with van der Waals surface area (Å²) in [6.07, 6.45) is 9.69. The molecule has 0 spiro atoms. The maximum atomic E-state index is 12.8. The van der Waals surface area contributed by atoms with Gasteiger partial charge in [0.05, 0.1) is 25.5 Å². The third kappa shape index (κ3) is 5.48. The van der Waals surface area contributed by atoms with Gasteiger partial charge in [0.25, 0.3) is 0 Å². The summed E-state index contributed by atoms with van der Waals surface area (Å²) in [7, 11) is 1.67. The first-order valence-electron chi connectivity index (χ1n) is 10.4. The molecule has 6 heteroatoms. The van der Waals surface area contributed by atoms with Gasteiger partial charge in [-0.1, -0.05) is 19.3 Å². The minimum absolute atomic E-state index is 0.265. The second-order valence-corrected chi connectivity index (χ2v) is 7.81. The van der Waals surface area contributed by atoms with Crippen molar-refractivity contribution >= 4 is 5.91 Å². The van der Waals surface area contributed by atoms with Crippen molar-refractivity contribution in [3.05, 3.63) is 23.3 Å². The summed E-state index contributed by atoms with van der Waals surface area (Å²) >= 11 is 0. The van der Waals surface area contributed by atoms with Gasteiger partial charge < -0.3 is 14.4 Å². The Balaban J connectivity index is 1.58. The number of nitrogens with zero attached hydrogens (tertiary/aromatic N) is 3. The van der Waals surface area contributed by atoms with E-state index in [1.165, 1.54) is 19.3 Å². The van der Waals surface area contributed by atoms with Crippen LogP contribution in [0.25, 0.3) is 0 Å². The SMILES string of the molecule is COCCOCc1cnc(C)nc1C1CCN(C(=O)C2CCCCC2)CC1. The van der Waals surface area contributed by atoms with Crippen LogP contribution in [0.2, 0.25) is 0 Å².